The van der Waals surface area contributed by atoms with Crippen molar-refractivity contribution in [1.29, 1.82) is 0 Å². The van der Waals surface area contributed by atoms with Crippen molar-refractivity contribution in [1.82, 2.24) is 4.98 Å². The van der Waals surface area contributed by atoms with Crippen LogP contribution in [0.1, 0.15) is 25.7 Å². The van der Waals surface area contributed by atoms with E-state index in [1.165, 1.54) is 0 Å². The van der Waals surface area contributed by atoms with Crippen LogP contribution in [0.2, 0.25) is 0 Å². The molecule has 0 aliphatic rings. The highest BCUT2D eigenvalue weighted by molar-refractivity contribution is 7.91. The molecule has 6 heteroatoms. The average Bonchev–Trinajstić information content (AvgIpc) is 2.91. The van der Waals surface area contributed by atoms with Crippen LogP contribution in [0.4, 0.5) is 5.88 Å². The van der Waals surface area contributed by atoms with Gasteiger partial charge in [-0.2, -0.15) is 4.98 Å². The molecule has 0 unspecified atom stereocenters. The van der Waals surface area contributed by atoms with Gasteiger partial charge in [-0.1, -0.05) is 31.5 Å². The number of rotatable bonds is 6. The van der Waals surface area contributed by atoms with E-state index in [0.717, 1.165) is 12.8 Å². The second-order valence-corrected chi connectivity index (χ2v) is 6.90. The Labute approximate surface area is 125 Å². The van der Waals surface area contributed by atoms with E-state index in [4.69, 9.17) is 4.42 Å². The molecule has 21 heavy (non-hydrogen) atoms. The van der Waals surface area contributed by atoms with Gasteiger partial charge in [0.25, 0.3) is 0 Å². The van der Waals surface area contributed by atoms with E-state index < -0.39 is 9.84 Å². The predicted octanol–water partition coefficient (Wildman–Crippen LogP) is 2.92. The minimum absolute atomic E-state index is 0.00944. The minimum atomic E-state index is -3.67. The molecular weight excluding hydrogens is 288 g/mol. The van der Waals surface area contributed by atoms with E-state index in [2.05, 4.69) is 11.9 Å². The van der Waals surface area contributed by atoms with Crippen molar-refractivity contribution < 1.29 is 12.8 Å². The molecule has 2 rings (SSSR count). The molecule has 5 nitrogen and oxygen atoms in total. The summed E-state index contributed by atoms with van der Waals surface area (Å²) >= 11 is 0. The molecule has 1 aromatic carbocycles. The number of sulfone groups is 1. The fraction of sp³-hybridized carbons (Fsp3) is 0.400. The zero-order valence-electron chi connectivity index (χ0n) is 12.5. The van der Waals surface area contributed by atoms with Gasteiger partial charge in [-0.05, 0) is 18.6 Å². The zero-order valence-corrected chi connectivity index (χ0v) is 13.4. The van der Waals surface area contributed by atoms with Gasteiger partial charge in [-0.25, -0.2) is 8.42 Å². The van der Waals surface area contributed by atoms with Gasteiger partial charge in [0, 0.05) is 20.5 Å². The summed E-state index contributed by atoms with van der Waals surface area (Å²) in [6, 6.07) is 8.30. The molecule has 0 radical (unpaired) electrons. The van der Waals surface area contributed by atoms with E-state index >= 15 is 0 Å². The van der Waals surface area contributed by atoms with Gasteiger partial charge < -0.3 is 9.32 Å². The van der Waals surface area contributed by atoms with E-state index in [0.29, 0.717) is 12.3 Å². The average molecular weight is 308 g/mol. The van der Waals surface area contributed by atoms with Crippen molar-refractivity contribution in [3.05, 3.63) is 36.2 Å². The van der Waals surface area contributed by atoms with Gasteiger partial charge in [0.2, 0.25) is 20.7 Å². The normalized spacial score (nSPS) is 11.6. The highest BCUT2D eigenvalue weighted by atomic mass is 32.2. The number of nitrogens with zero attached hydrogens (tertiary/aromatic N) is 2. The summed E-state index contributed by atoms with van der Waals surface area (Å²) in [6.07, 6.45) is 2.56. The summed E-state index contributed by atoms with van der Waals surface area (Å²) in [5.74, 6) is 0.750. The van der Waals surface area contributed by atoms with Crippen molar-refractivity contribution in [2.75, 3.05) is 19.0 Å². The van der Waals surface area contributed by atoms with Crippen LogP contribution in [-0.4, -0.2) is 27.5 Å². The lowest BCUT2D eigenvalue weighted by atomic mass is 10.2. The Kier molecular flexibility index (Phi) is 4.67. The maximum Gasteiger partial charge on any atom is 0.235 e. The number of aromatic nitrogens is 1. The highest BCUT2D eigenvalue weighted by Gasteiger charge is 2.28. The second-order valence-electron chi connectivity index (χ2n) is 5.03. The first kappa shape index (κ1) is 15.6. The SMILES string of the molecule is CCCCc1nc(S(=O)(=O)c2ccccc2)c(N(C)C)o1. The second kappa shape index (κ2) is 6.30. The van der Waals surface area contributed by atoms with Crippen LogP contribution >= 0.6 is 0 Å². The molecule has 0 saturated heterocycles. The van der Waals surface area contributed by atoms with Crippen LogP contribution in [-0.2, 0) is 16.3 Å². The summed E-state index contributed by atoms with van der Waals surface area (Å²) in [4.78, 5) is 6.08. The summed E-state index contributed by atoms with van der Waals surface area (Å²) in [5, 5.41) is -0.00944. The lowest BCUT2D eigenvalue weighted by Crippen LogP contribution is -2.13. The molecule has 0 atom stereocenters. The summed E-state index contributed by atoms with van der Waals surface area (Å²) < 4.78 is 31.0. The van der Waals surface area contributed by atoms with Crippen molar-refractivity contribution >= 4 is 15.7 Å². The molecule has 1 heterocycles. The number of oxazole rings is 1. The Hall–Kier alpha value is -1.82. The molecule has 0 saturated carbocycles. The van der Waals surface area contributed by atoms with Gasteiger partial charge in [0.1, 0.15) is 0 Å². The van der Waals surface area contributed by atoms with Crippen molar-refractivity contribution in [3.63, 3.8) is 0 Å². The Morgan fingerprint density at radius 3 is 2.43 bits per heavy atom. The quantitative estimate of drug-likeness (QED) is 0.821. The molecule has 0 aliphatic heterocycles. The van der Waals surface area contributed by atoms with Gasteiger partial charge in [-0.15, -0.1) is 0 Å². The fourth-order valence-electron chi connectivity index (χ4n) is 1.94. The van der Waals surface area contributed by atoms with Crippen molar-refractivity contribution in [3.8, 4) is 0 Å². The number of anilines is 1. The lowest BCUT2D eigenvalue weighted by molar-refractivity contribution is 0.486. The summed E-state index contributed by atoms with van der Waals surface area (Å²) in [5.41, 5.74) is 0. The van der Waals surface area contributed by atoms with Gasteiger partial charge >= 0.3 is 0 Å². The topological polar surface area (TPSA) is 63.4 Å². The van der Waals surface area contributed by atoms with Crippen LogP contribution in [0.3, 0.4) is 0 Å². The molecule has 0 aliphatic carbocycles. The number of hydrogen-bond donors (Lipinski definition) is 0. The Bertz CT molecular complexity index is 691. The maximum atomic E-state index is 12.7. The van der Waals surface area contributed by atoms with Crippen LogP contribution in [0.5, 0.6) is 0 Å². The highest BCUT2D eigenvalue weighted by Crippen LogP contribution is 2.30. The van der Waals surface area contributed by atoms with E-state index in [1.54, 1.807) is 49.3 Å². The number of unbranched alkanes of at least 4 members (excludes halogenated alkanes) is 1. The zero-order chi connectivity index (χ0) is 15.5. The Morgan fingerprint density at radius 1 is 1.19 bits per heavy atom. The summed E-state index contributed by atoms with van der Waals surface area (Å²) in [6.45, 7) is 2.07. The van der Waals surface area contributed by atoms with Crippen molar-refractivity contribution in [2.45, 2.75) is 36.1 Å². The lowest BCUT2D eigenvalue weighted by Gasteiger charge is -2.10. The molecular formula is C15H20N2O3S. The molecule has 0 fully saturated rings. The maximum absolute atomic E-state index is 12.7. The van der Waals surface area contributed by atoms with Gasteiger partial charge in [0.05, 0.1) is 4.90 Å². The molecule has 0 amide bonds. The monoisotopic (exact) mass is 308 g/mol. The third kappa shape index (κ3) is 3.26. The van der Waals surface area contributed by atoms with Gasteiger partial charge in [-0.3, -0.25) is 0 Å². The Balaban J connectivity index is 2.49. The van der Waals surface area contributed by atoms with Crippen molar-refractivity contribution in [2.24, 2.45) is 0 Å². The number of benzene rings is 1. The van der Waals surface area contributed by atoms with E-state index in [-0.39, 0.29) is 15.8 Å². The van der Waals surface area contributed by atoms with Crippen LogP contribution in [0, 0.1) is 0 Å². The molecule has 0 bridgehead atoms. The first-order valence-electron chi connectivity index (χ1n) is 6.94. The third-order valence-electron chi connectivity index (χ3n) is 3.08. The van der Waals surface area contributed by atoms with E-state index in [1.807, 2.05) is 0 Å². The van der Waals surface area contributed by atoms with E-state index in [9.17, 15) is 8.42 Å². The summed E-state index contributed by atoms with van der Waals surface area (Å²) in [7, 11) is -0.177. The largest absolute Gasteiger partial charge is 0.424 e. The number of hydrogen-bond acceptors (Lipinski definition) is 5. The molecule has 0 N–H and O–H groups in total. The Morgan fingerprint density at radius 2 is 1.86 bits per heavy atom. The smallest absolute Gasteiger partial charge is 0.235 e. The van der Waals surface area contributed by atoms with Crippen LogP contribution in [0.15, 0.2) is 44.7 Å². The minimum Gasteiger partial charge on any atom is -0.424 e. The molecule has 114 valence electrons. The molecule has 2 aromatic rings. The standard InChI is InChI=1S/C15H20N2O3S/c1-4-5-11-13-16-14(15(20-13)17(2)3)21(18,19)12-9-7-6-8-10-12/h6-10H,4-5,11H2,1-3H3. The molecule has 0 spiro atoms. The number of aryl methyl sites for hydroxylation is 1. The third-order valence-corrected chi connectivity index (χ3v) is 4.75. The first-order valence-corrected chi connectivity index (χ1v) is 8.42. The van der Waals surface area contributed by atoms with Crippen LogP contribution < -0.4 is 4.90 Å². The predicted molar refractivity (Wildman–Crippen MR) is 81.3 cm³/mol. The molecule has 1 aromatic heterocycles. The van der Waals surface area contributed by atoms with Crippen LogP contribution in [0.25, 0.3) is 0 Å². The fourth-order valence-corrected chi connectivity index (χ4v) is 3.36. The first-order chi connectivity index (χ1) is 9.96. The van der Waals surface area contributed by atoms with Gasteiger partial charge in [0.15, 0.2) is 5.89 Å².